The first kappa shape index (κ1) is 28.6. The lowest BCUT2D eigenvalue weighted by Crippen LogP contribution is -2.36. The van der Waals surface area contributed by atoms with E-state index in [1.807, 2.05) is 0 Å². The van der Waals surface area contributed by atoms with Gasteiger partial charge >= 0.3 is 0 Å². The number of benzene rings is 1. The average molecular weight is 580 g/mol. The van der Waals surface area contributed by atoms with E-state index in [0.717, 1.165) is 17.0 Å². The van der Waals surface area contributed by atoms with Gasteiger partial charge in [0.25, 0.3) is 5.91 Å². The summed E-state index contributed by atoms with van der Waals surface area (Å²) in [5, 5.41) is 13.3. The van der Waals surface area contributed by atoms with Crippen LogP contribution >= 0.6 is 23.2 Å². The highest BCUT2D eigenvalue weighted by atomic mass is 35.5. The van der Waals surface area contributed by atoms with Crippen LogP contribution in [-0.4, -0.2) is 49.0 Å². The fourth-order valence-electron chi connectivity index (χ4n) is 4.90. The summed E-state index contributed by atoms with van der Waals surface area (Å²) in [5.74, 6) is -3.53. The number of aromatic nitrogens is 3. The van der Waals surface area contributed by atoms with E-state index in [4.69, 9.17) is 28.4 Å². The molecular weight excluding hydrogens is 555 g/mol. The SMILES string of the molecule is Cc1c(C(=O)N(CC(=O)c2c(Cl)cncc2Cl)Cc2cc(F)cc(F)c2)cnn1C1CCC(C(=O)NO)CC1. The Labute approximate surface area is 232 Å². The molecular formula is C26H25Cl2F2N5O4. The lowest BCUT2D eigenvalue weighted by atomic mass is 9.85. The lowest BCUT2D eigenvalue weighted by molar-refractivity contribution is -0.134. The summed E-state index contributed by atoms with van der Waals surface area (Å²) >= 11 is 12.3. The molecule has 2 amide bonds. The molecule has 0 saturated heterocycles. The van der Waals surface area contributed by atoms with Gasteiger partial charge in [-0.15, -0.1) is 0 Å². The minimum atomic E-state index is -0.821. The maximum Gasteiger partial charge on any atom is 0.258 e. The van der Waals surface area contributed by atoms with Crippen LogP contribution in [0.4, 0.5) is 8.78 Å². The van der Waals surface area contributed by atoms with Crippen molar-refractivity contribution >= 4 is 40.8 Å². The highest BCUT2D eigenvalue weighted by molar-refractivity contribution is 6.39. The Morgan fingerprint density at radius 2 is 1.67 bits per heavy atom. The number of hydrogen-bond donors (Lipinski definition) is 2. The predicted octanol–water partition coefficient (Wildman–Crippen LogP) is 4.93. The number of amides is 2. The minimum absolute atomic E-state index is 0.00572. The van der Waals surface area contributed by atoms with Crippen LogP contribution < -0.4 is 5.48 Å². The molecule has 1 saturated carbocycles. The minimum Gasteiger partial charge on any atom is -0.326 e. The Hall–Kier alpha value is -3.41. The maximum absolute atomic E-state index is 13.9. The monoisotopic (exact) mass is 579 g/mol. The van der Waals surface area contributed by atoms with Crippen molar-refractivity contribution in [1.29, 1.82) is 0 Å². The van der Waals surface area contributed by atoms with E-state index in [0.29, 0.717) is 37.4 Å². The summed E-state index contributed by atoms with van der Waals surface area (Å²) < 4.78 is 29.5. The van der Waals surface area contributed by atoms with Crippen LogP contribution in [0.2, 0.25) is 10.0 Å². The van der Waals surface area contributed by atoms with E-state index in [1.54, 1.807) is 17.1 Å². The first-order chi connectivity index (χ1) is 18.6. The number of hydroxylamine groups is 1. The second-order valence-electron chi connectivity index (χ2n) is 9.41. The van der Waals surface area contributed by atoms with Crippen LogP contribution in [0.25, 0.3) is 0 Å². The van der Waals surface area contributed by atoms with E-state index in [1.165, 1.54) is 18.6 Å². The number of hydrogen-bond acceptors (Lipinski definition) is 6. The van der Waals surface area contributed by atoms with Crippen LogP contribution in [0.15, 0.2) is 36.8 Å². The second-order valence-corrected chi connectivity index (χ2v) is 10.2. The molecule has 2 aromatic heterocycles. The van der Waals surface area contributed by atoms with Gasteiger partial charge < -0.3 is 4.90 Å². The Balaban J connectivity index is 1.61. The largest absolute Gasteiger partial charge is 0.326 e. The average Bonchev–Trinajstić information content (AvgIpc) is 3.28. The molecule has 1 aliphatic rings. The smallest absolute Gasteiger partial charge is 0.258 e. The van der Waals surface area contributed by atoms with Gasteiger partial charge in [0.15, 0.2) is 5.78 Å². The summed E-state index contributed by atoms with van der Waals surface area (Å²) in [6, 6.07) is 2.80. The summed E-state index contributed by atoms with van der Waals surface area (Å²) in [4.78, 5) is 43.6. The van der Waals surface area contributed by atoms with Gasteiger partial charge in [0.1, 0.15) is 11.6 Å². The number of halogens is 4. The normalized spacial score (nSPS) is 17.1. The molecule has 3 aromatic rings. The zero-order valence-electron chi connectivity index (χ0n) is 20.8. The number of carbonyl (C=O) groups excluding carboxylic acids is 3. The molecule has 4 rings (SSSR count). The van der Waals surface area contributed by atoms with Crippen molar-refractivity contribution in [2.75, 3.05) is 6.54 Å². The van der Waals surface area contributed by atoms with Crippen LogP contribution in [0.5, 0.6) is 0 Å². The number of pyridine rings is 1. The van der Waals surface area contributed by atoms with Gasteiger partial charge in [-0.1, -0.05) is 23.2 Å². The van der Waals surface area contributed by atoms with Gasteiger partial charge in [-0.05, 0) is 50.3 Å². The first-order valence-electron chi connectivity index (χ1n) is 12.1. The number of carbonyl (C=O) groups is 3. The number of nitrogens with one attached hydrogen (secondary N) is 1. The standard InChI is InChI=1S/C26H25Cl2F2N5O4/c1-14-20(9-32-35(14)19-4-2-16(3-5-19)25(37)33-39)26(38)34(12-15-6-17(29)8-18(30)7-15)13-23(36)24-21(27)10-31-11-22(24)28/h6-11,16,19,39H,2-5,12-13H2,1H3,(H,33,37). The van der Waals surface area contributed by atoms with Gasteiger partial charge in [0.2, 0.25) is 5.91 Å². The molecule has 39 heavy (non-hydrogen) atoms. The van der Waals surface area contributed by atoms with E-state index in [-0.39, 0.29) is 45.2 Å². The molecule has 1 aliphatic carbocycles. The van der Waals surface area contributed by atoms with Crippen molar-refractivity contribution in [2.45, 2.75) is 45.2 Å². The van der Waals surface area contributed by atoms with Crippen molar-refractivity contribution in [2.24, 2.45) is 5.92 Å². The molecule has 1 fully saturated rings. The lowest BCUT2D eigenvalue weighted by Gasteiger charge is -2.28. The first-order valence-corrected chi connectivity index (χ1v) is 12.9. The zero-order valence-corrected chi connectivity index (χ0v) is 22.3. The van der Waals surface area contributed by atoms with Crippen molar-refractivity contribution in [3.8, 4) is 0 Å². The molecule has 206 valence electrons. The van der Waals surface area contributed by atoms with Crippen molar-refractivity contribution in [1.82, 2.24) is 25.1 Å². The molecule has 0 bridgehead atoms. The third-order valence-electron chi connectivity index (χ3n) is 6.85. The summed E-state index contributed by atoms with van der Waals surface area (Å²) in [7, 11) is 0. The van der Waals surface area contributed by atoms with E-state index in [2.05, 4.69) is 10.1 Å². The Kier molecular flexibility index (Phi) is 8.94. The van der Waals surface area contributed by atoms with E-state index < -0.39 is 35.8 Å². The van der Waals surface area contributed by atoms with Crippen molar-refractivity contribution in [3.05, 3.63) is 80.9 Å². The topological polar surface area (TPSA) is 117 Å². The van der Waals surface area contributed by atoms with Gasteiger partial charge in [-0.3, -0.25) is 29.3 Å². The molecule has 0 radical (unpaired) electrons. The summed E-state index contributed by atoms with van der Waals surface area (Å²) in [6.07, 6.45) is 6.19. The van der Waals surface area contributed by atoms with Gasteiger partial charge in [0, 0.05) is 36.6 Å². The third kappa shape index (κ3) is 6.43. The molecule has 13 heteroatoms. The Morgan fingerprint density at radius 1 is 1.05 bits per heavy atom. The molecule has 2 heterocycles. The highest BCUT2D eigenvalue weighted by Gasteiger charge is 2.31. The molecule has 0 unspecified atom stereocenters. The van der Waals surface area contributed by atoms with Crippen LogP contribution in [0, 0.1) is 24.5 Å². The quantitative estimate of drug-likeness (QED) is 0.222. The van der Waals surface area contributed by atoms with Crippen LogP contribution in [0.1, 0.15) is 63.7 Å². The molecule has 0 atom stereocenters. The molecule has 0 aliphatic heterocycles. The van der Waals surface area contributed by atoms with Crippen molar-refractivity contribution < 1.29 is 28.4 Å². The second kappa shape index (κ2) is 12.2. The Morgan fingerprint density at radius 3 is 2.26 bits per heavy atom. The molecule has 1 aromatic carbocycles. The fourth-order valence-corrected chi connectivity index (χ4v) is 5.47. The maximum atomic E-state index is 13.9. The van der Waals surface area contributed by atoms with Crippen molar-refractivity contribution in [3.63, 3.8) is 0 Å². The number of rotatable bonds is 8. The third-order valence-corrected chi connectivity index (χ3v) is 7.42. The van der Waals surface area contributed by atoms with Gasteiger partial charge in [-0.25, -0.2) is 14.3 Å². The van der Waals surface area contributed by atoms with E-state index in [9.17, 15) is 23.2 Å². The fraction of sp³-hybridized carbons (Fsp3) is 0.346. The van der Waals surface area contributed by atoms with E-state index >= 15 is 0 Å². The van der Waals surface area contributed by atoms with Gasteiger partial charge in [-0.2, -0.15) is 5.10 Å². The number of nitrogens with zero attached hydrogens (tertiary/aromatic N) is 4. The number of Topliss-reactive ketones (excluding diaryl/α,β-unsaturated/α-hetero) is 1. The summed E-state index contributed by atoms with van der Waals surface area (Å²) in [5.41, 5.74) is 2.56. The zero-order chi connectivity index (χ0) is 28.3. The molecule has 2 N–H and O–H groups in total. The number of ketones is 1. The molecule has 9 nitrogen and oxygen atoms in total. The predicted molar refractivity (Wildman–Crippen MR) is 138 cm³/mol. The van der Waals surface area contributed by atoms with Crippen LogP contribution in [0.3, 0.4) is 0 Å². The summed E-state index contributed by atoms with van der Waals surface area (Å²) in [6.45, 7) is 0.962. The highest BCUT2D eigenvalue weighted by Crippen LogP contribution is 2.33. The Bertz CT molecular complexity index is 1370. The van der Waals surface area contributed by atoms with Crippen LogP contribution in [-0.2, 0) is 11.3 Å². The van der Waals surface area contributed by atoms with Gasteiger partial charge in [0.05, 0.1) is 40.0 Å². The molecule has 0 spiro atoms.